The Bertz CT molecular complexity index is 755. The molecule has 1 unspecified atom stereocenters. The summed E-state index contributed by atoms with van der Waals surface area (Å²) in [5, 5.41) is 2.21. The zero-order chi connectivity index (χ0) is 14.7. The van der Waals surface area contributed by atoms with Gasteiger partial charge in [-0.05, 0) is 35.2 Å². The number of halogens is 1. The SMILES string of the molecule is NC(CSc1cccc(F)c1)c1cccc2cnccc12. The first-order valence-electron chi connectivity index (χ1n) is 6.70. The molecule has 0 amide bonds. The summed E-state index contributed by atoms with van der Waals surface area (Å²) in [4.78, 5) is 5.02. The highest BCUT2D eigenvalue weighted by Gasteiger charge is 2.10. The molecular formula is C17H15FN2S. The lowest BCUT2D eigenvalue weighted by Crippen LogP contribution is -2.13. The standard InChI is InChI=1S/C17H15FN2S/c18-13-4-2-5-14(9-13)21-11-17(19)16-6-1-3-12-10-20-8-7-15(12)16/h1-10,17H,11,19H2. The highest BCUT2D eigenvalue weighted by atomic mass is 32.2. The van der Waals surface area contributed by atoms with E-state index < -0.39 is 0 Å². The maximum absolute atomic E-state index is 13.2. The minimum atomic E-state index is -0.218. The Morgan fingerprint density at radius 3 is 2.86 bits per heavy atom. The van der Waals surface area contributed by atoms with Gasteiger partial charge in [0.1, 0.15) is 5.82 Å². The van der Waals surface area contributed by atoms with E-state index in [1.54, 1.807) is 24.0 Å². The molecule has 0 aliphatic rings. The summed E-state index contributed by atoms with van der Waals surface area (Å²) in [6.45, 7) is 0. The summed E-state index contributed by atoms with van der Waals surface area (Å²) in [6, 6.07) is 14.5. The van der Waals surface area contributed by atoms with E-state index in [2.05, 4.69) is 4.98 Å². The van der Waals surface area contributed by atoms with Crippen molar-refractivity contribution in [1.82, 2.24) is 4.98 Å². The number of nitrogens with two attached hydrogens (primary N) is 1. The van der Waals surface area contributed by atoms with Crippen molar-refractivity contribution >= 4 is 22.5 Å². The van der Waals surface area contributed by atoms with Crippen molar-refractivity contribution in [2.24, 2.45) is 5.73 Å². The Balaban J connectivity index is 1.79. The van der Waals surface area contributed by atoms with Crippen LogP contribution in [0.25, 0.3) is 10.8 Å². The smallest absolute Gasteiger partial charge is 0.124 e. The van der Waals surface area contributed by atoms with Gasteiger partial charge in [-0.25, -0.2) is 4.39 Å². The second kappa shape index (κ2) is 6.24. The van der Waals surface area contributed by atoms with Crippen molar-refractivity contribution in [2.75, 3.05) is 5.75 Å². The highest BCUT2D eigenvalue weighted by molar-refractivity contribution is 7.99. The monoisotopic (exact) mass is 298 g/mol. The summed E-state index contributed by atoms with van der Waals surface area (Å²) >= 11 is 1.57. The molecule has 3 aromatic rings. The fourth-order valence-electron chi connectivity index (χ4n) is 2.30. The first kappa shape index (κ1) is 14.0. The molecule has 106 valence electrons. The molecule has 0 saturated heterocycles. The lowest BCUT2D eigenvalue weighted by molar-refractivity contribution is 0.624. The van der Waals surface area contributed by atoms with Gasteiger partial charge in [-0.15, -0.1) is 11.8 Å². The molecule has 21 heavy (non-hydrogen) atoms. The molecule has 0 saturated carbocycles. The highest BCUT2D eigenvalue weighted by Crippen LogP contribution is 2.27. The average molecular weight is 298 g/mol. The fourth-order valence-corrected chi connectivity index (χ4v) is 3.23. The minimum Gasteiger partial charge on any atom is -0.323 e. The van der Waals surface area contributed by atoms with Gasteiger partial charge in [0.15, 0.2) is 0 Å². The Kier molecular flexibility index (Phi) is 4.18. The number of rotatable bonds is 4. The summed E-state index contributed by atoms with van der Waals surface area (Å²) in [5.41, 5.74) is 7.41. The molecule has 0 spiro atoms. The predicted octanol–water partition coefficient (Wildman–Crippen LogP) is 4.17. The molecule has 1 atom stereocenters. The fraction of sp³-hybridized carbons (Fsp3) is 0.118. The lowest BCUT2D eigenvalue weighted by Gasteiger charge is -2.14. The number of hydrogen-bond donors (Lipinski definition) is 1. The van der Waals surface area contributed by atoms with Gasteiger partial charge in [0.05, 0.1) is 0 Å². The number of fused-ring (bicyclic) bond motifs is 1. The summed E-state index contributed by atoms with van der Waals surface area (Å²) < 4.78 is 13.2. The van der Waals surface area contributed by atoms with Crippen LogP contribution in [0.2, 0.25) is 0 Å². The van der Waals surface area contributed by atoms with Crippen LogP contribution in [0.1, 0.15) is 11.6 Å². The van der Waals surface area contributed by atoms with Crippen LogP contribution < -0.4 is 5.73 Å². The molecule has 0 fully saturated rings. The predicted molar refractivity (Wildman–Crippen MR) is 85.8 cm³/mol. The Morgan fingerprint density at radius 2 is 2.00 bits per heavy atom. The van der Waals surface area contributed by atoms with Gasteiger partial charge >= 0.3 is 0 Å². The van der Waals surface area contributed by atoms with Crippen molar-refractivity contribution in [3.63, 3.8) is 0 Å². The van der Waals surface area contributed by atoms with E-state index in [0.717, 1.165) is 21.2 Å². The van der Waals surface area contributed by atoms with Gasteiger partial charge in [-0.3, -0.25) is 4.98 Å². The van der Waals surface area contributed by atoms with Crippen LogP contribution in [0.3, 0.4) is 0 Å². The minimum absolute atomic E-state index is 0.107. The quantitative estimate of drug-likeness (QED) is 0.735. The van der Waals surface area contributed by atoms with Crippen LogP contribution in [-0.2, 0) is 0 Å². The molecular weight excluding hydrogens is 283 g/mol. The maximum Gasteiger partial charge on any atom is 0.124 e. The molecule has 0 radical (unpaired) electrons. The van der Waals surface area contributed by atoms with E-state index in [9.17, 15) is 4.39 Å². The van der Waals surface area contributed by atoms with Crippen LogP contribution in [0.5, 0.6) is 0 Å². The van der Waals surface area contributed by atoms with Gasteiger partial charge in [0, 0.05) is 34.5 Å². The molecule has 2 nitrogen and oxygen atoms in total. The molecule has 2 aromatic carbocycles. The number of pyridine rings is 1. The second-order valence-electron chi connectivity index (χ2n) is 4.82. The molecule has 0 aliphatic carbocycles. The second-order valence-corrected chi connectivity index (χ2v) is 5.91. The zero-order valence-corrected chi connectivity index (χ0v) is 12.2. The molecule has 1 heterocycles. The molecule has 2 N–H and O–H groups in total. The number of hydrogen-bond acceptors (Lipinski definition) is 3. The molecule has 3 rings (SSSR count). The van der Waals surface area contributed by atoms with Crippen molar-refractivity contribution in [3.8, 4) is 0 Å². The van der Waals surface area contributed by atoms with E-state index >= 15 is 0 Å². The number of thioether (sulfide) groups is 1. The number of nitrogens with zero attached hydrogens (tertiary/aromatic N) is 1. The van der Waals surface area contributed by atoms with Gasteiger partial charge in [0.2, 0.25) is 0 Å². The molecule has 4 heteroatoms. The Hall–Kier alpha value is -1.91. The summed E-state index contributed by atoms with van der Waals surface area (Å²) in [6.07, 6.45) is 3.61. The Morgan fingerprint density at radius 1 is 1.14 bits per heavy atom. The Labute approximate surface area is 127 Å². The van der Waals surface area contributed by atoms with Gasteiger partial charge in [-0.2, -0.15) is 0 Å². The molecule has 0 aliphatic heterocycles. The molecule has 0 bridgehead atoms. The van der Waals surface area contributed by atoms with Crippen LogP contribution >= 0.6 is 11.8 Å². The van der Waals surface area contributed by atoms with Crippen molar-refractivity contribution < 1.29 is 4.39 Å². The zero-order valence-electron chi connectivity index (χ0n) is 11.4. The third-order valence-corrected chi connectivity index (χ3v) is 4.45. The summed E-state index contributed by atoms with van der Waals surface area (Å²) in [5.74, 6) is 0.482. The molecule has 1 aromatic heterocycles. The lowest BCUT2D eigenvalue weighted by atomic mass is 10.0. The van der Waals surface area contributed by atoms with E-state index in [0.29, 0.717) is 5.75 Å². The third-order valence-electron chi connectivity index (χ3n) is 3.34. The van der Waals surface area contributed by atoms with Gasteiger partial charge < -0.3 is 5.73 Å². The van der Waals surface area contributed by atoms with Gasteiger partial charge in [0.25, 0.3) is 0 Å². The van der Waals surface area contributed by atoms with Crippen molar-refractivity contribution in [3.05, 3.63) is 72.3 Å². The normalized spacial score (nSPS) is 12.5. The summed E-state index contributed by atoms with van der Waals surface area (Å²) in [7, 11) is 0. The van der Waals surface area contributed by atoms with Crippen molar-refractivity contribution in [2.45, 2.75) is 10.9 Å². The van der Waals surface area contributed by atoms with E-state index in [1.807, 2.05) is 36.5 Å². The average Bonchev–Trinajstić information content (AvgIpc) is 2.52. The van der Waals surface area contributed by atoms with Crippen LogP contribution in [0, 0.1) is 5.82 Å². The van der Waals surface area contributed by atoms with Crippen LogP contribution in [0.4, 0.5) is 4.39 Å². The largest absolute Gasteiger partial charge is 0.323 e. The van der Waals surface area contributed by atoms with Gasteiger partial charge in [-0.1, -0.05) is 24.3 Å². The van der Waals surface area contributed by atoms with Crippen LogP contribution in [-0.4, -0.2) is 10.7 Å². The van der Waals surface area contributed by atoms with E-state index in [1.165, 1.54) is 12.1 Å². The van der Waals surface area contributed by atoms with Crippen LogP contribution in [0.15, 0.2) is 65.8 Å². The topological polar surface area (TPSA) is 38.9 Å². The first-order valence-corrected chi connectivity index (χ1v) is 7.69. The first-order chi connectivity index (χ1) is 10.2. The van der Waals surface area contributed by atoms with E-state index in [4.69, 9.17) is 5.73 Å². The third kappa shape index (κ3) is 3.23. The number of aromatic nitrogens is 1. The maximum atomic E-state index is 13.2. The van der Waals surface area contributed by atoms with E-state index in [-0.39, 0.29) is 11.9 Å². The van der Waals surface area contributed by atoms with Crippen molar-refractivity contribution in [1.29, 1.82) is 0 Å². The number of benzene rings is 2.